The van der Waals surface area contributed by atoms with E-state index in [0.717, 1.165) is 4.68 Å². The summed E-state index contributed by atoms with van der Waals surface area (Å²) in [5.41, 5.74) is -3.21. The van der Waals surface area contributed by atoms with E-state index in [9.17, 15) is 24.0 Å². The number of rotatable bonds is 8. The van der Waals surface area contributed by atoms with Crippen LogP contribution in [0.4, 0.5) is 14.9 Å². The number of hydrogen-bond acceptors (Lipinski definition) is 10. The molecule has 1 amide bonds. The van der Waals surface area contributed by atoms with Gasteiger partial charge in [-0.05, 0) is 45.3 Å². The number of esters is 1. The van der Waals surface area contributed by atoms with E-state index in [-0.39, 0.29) is 39.4 Å². The van der Waals surface area contributed by atoms with Gasteiger partial charge in [0, 0.05) is 29.7 Å². The zero-order chi connectivity index (χ0) is 33.4. The zero-order valence-electron chi connectivity index (χ0n) is 25.1. The lowest BCUT2D eigenvalue weighted by Gasteiger charge is -2.13. The van der Waals surface area contributed by atoms with E-state index in [2.05, 4.69) is 35.6 Å². The minimum atomic E-state index is -1.27. The van der Waals surface area contributed by atoms with Crippen LogP contribution >= 0.6 is 0 Å². The number of carbonyl (C=O) groups excluding carboxylic acids is 2. The lowest BCUT2D eigenvalue weighted by Crippen LogP contribution is -2.42. The van der Waals surface area contributed by atoms with Gasteiger partial charge in [0.1, 0.15) is 17.2 Å². The Kier molecular flexibility index (Phi) is 7.92. The van der Waals surface area contributed by atoms with Crippen molar-refractivity contribution in [2.24, 2.45) is 0 Å². The third-order valence-corrected chi connectivity index (χ3v) is 6.91. The molecule has 0 saturated carbocycles. The number of halogens is 1. The zero-order valence-corrected chi connectivity index (χ0v) is 25.1. The van der Waals surface area contributed by atoms with Gasteiger partial charge in [-0.3, -0.25) is 9.78 Å². The smallest absolute Gasteiger partial charge is 0.361 e. The number of H-pyrrole nitrogens is 3. The number of anilines is 1. The largest absolute Gasteiger partial charge is 0.461 e. The summed E-state index contributed by atoms with van der Waals surface area (Å²) in [6, 6.07) is 8.96. The Morgan fingerprint density at radius 3 is 2.57 bits per heavy atom. The minimum absolute atomic E-state index is 0.0267. The topological polar surface area (TPSA) is 211 Å². The standard InChI is InChI=1S/C29H26FN11O6/c1-4-47-26(43)22-21-23(41(37-22)17-7-5-6-15(12-17)24-34-27(44)36-35-24)25(42)40(29(46)33-21)28(45)32-19-9-8-16(13-18(19)30)39-11-10-31-20(39)14-38(2)3/h5-13H,4,14H2,1-3H3,(H,32,45)(H,33,46)(H2,34,35,36,44). The molecular formula is C29H26FN11O6. The highest BCUT2D eigenvalue weighted by atomic mass is 19.1. The summed E-state index contributed by atoms with van der Waals surface area (Å²) in [5, 5.41) is 12.6. The molecule has 0 radical (unpaired) electrons. The van der Waals surface area contributed by atoms with Gasteiger partial charge in [0.15, 0.2) is 17.0 Å². The van der Waals surface area contributed by atoms with Crippen LogP contribution in [0.25, 0.3) is 33.8 Å². The van der Waals surface area contributed by atoms with Crippen LogP contribution in [0.5, 0.6) is 0 Å². The number of nitrogens with one attached hydrogen (secondary N) is 4. The van der Waals surface area contributed by atoms with Crippen molar-refractivity contribution in [3.8, 4) is 22.8 Å². The van der Waals surface area contributed by atoms with E-state index in [0.29, 0.717) is 23.6 Å². The Balaban J connectivity index is 1.42. The van der Waals surface area contributed by atoms with Crippen LogP contribution in [0, 0.1) is 5.82 Å². The summed E-state index contributed by atoms with van der Waals surface area (Å²) < 4.78 is 23.3. The van der Waals surface area contributed by atoms with Crippen molar-refractivity contribution in [1.82, 2.24) is 49.0 Å². The third-order valence-electron chi connectivity index (χ3n) is 6.91. The average molecular weight is 644 g/mol. The number of amides is 1. The molecule has 0 aliphatic rings. The molecule has 0 saturated heterocycles. The first kappa shape index (κ1) is 30.6. The molecule has 47 heavy (non-hydrogen) atoms. The molecule has 0 atom stereocenters. The van der Waals surface area contributed by atoms with Gasteiger partial charge in [-0.1, -0.05) is 12.1 Å². The minimum Gasteiger partial charge on any atom is -0.461 e. The van der Waals surface area contributed by atoms with E-state index in [1.165, 1.54) is 30.3 Å². The number of fused-ring (bicyclic) bond motifs is 1. The predicted molar refractivity (Wildman–Crippen MR) is 165 cm³/mol. The van der Waals surface area contributed by atoms with Crippen molar-refractivity contribution >= 4 is 28.7 Å². The maximum absolute atomic E-state index is 15.3. The van der Waals surface area contributed by atoms with Crippen molar-refractivity contribution in [2.75, 3.05) is 26.0 Å². The second kappa shape index (κ2) is 12.2. The SMILES string of the molecule is CCOC(=O)c1nn(-c2cccc(-c3n[nH]c(=O)[nH]3)c2)c2c(=O)n(C(=O)Nc3ccc(-n4ccnc4CN(C)C)cc3F)c(=O)[nH]c12. The Morgan fingerprint density at radius 1 is 1.06 bits per heavy atom. The van der Waals surface area contributed by atoms with Crippen LogP contribution in [0.15, 0.2) is 69.2 Å². The number of ether oxygens (including phenoxy) is 1. The van der Waals surface area contributed by atoms with Gasteiger partial charge in [-0.25, -0.2) is 38.3 Å². The molecule has 0 unspecified atom stereocenters. The van der Waals surface area contributed by atoms with Gasteiger partial charge in [-0.15, -0.1) is 0 Å². The van der Waals surface area contributed by atoms with E-state index < -0.39 is 40.5 Å². The van der Waals surface area contributed by atoms with E-state index in [4.69, 9.17) is 4.74 Å². The number of carbonyl (C=O) groups is 2. The fraction of sp³-hybridized carbons (Fsp3) is 0.172. The Bertz CT molecular complexity index is 2340. The monoisotopic (exact) mass is 643 g/mol. The third kappa shape index (κ3) is 5.75. The molecule has 6 rings (SSSR count). The molecule has 4 heterocycles. The predicted octanol–water partition coefficient (Wildman–Crippen LogP) is 1.60. The summed E-state index contributed by atoms with van der Waals surface area (Å²) in [6.07, 6.45) is 3.24. The fourth-order valence-electron chi connectivity index (χ4n) is 4.90. The molecule has 2 aromatic carbocycles. The molecule has 0 aliphatic heterocycles. The summed E-state index contributed by atoms with van der Waals surface area (Å²) in [5.74, 6) is -0.942. The number of imidazole rings is 1. The number of nitrogens with zero attached hydrogens (tertiary/aromatic N) is 7. The highest BCUT2D eigenvalue weighted by Crippen LogP contribution is 2.23. The lowest BCUT2D eigenvalue weighted by atomic mass is 10.2. The first-order chi connectivity index (χ1) is 22.5. The lowest BCUT2D eigenvalue weighted by molar-refractivity contribution is 0.0521. The maximum Gasteiger partial charge on any atom is 0.361 e. The molecule has 0 aliphatic carbocycles. The quantitative estimate of drug-likeness (QED) is 0.176. The second-order valence-corrected chi connectivity index (χ2v) is 10.4. The number of benzene rings is 2. The molecule has 18 heteroatoms. The summed E-state index contributed by atoms with van der Waals surface area (Å²) in [7, 11) is 3.73. The fourth-order valence-corrected chi connectivity index (χ4v) is 4.90. The molecule has 240 valence electrons. The normalized spacial score (nSPS) is 11.3. The van der Waals surface area contributed by atoms with Gasteiger partial charge in [0.05, 0.1) is 24.5 Å². The van der Waals surface area contributed by atoms with E-state index in [1.54, 1.807) is 36.0 Å². The molecule has 0 fully saturated rings. The second-order valence-electron chi connectivity index (χ2n) is 10.4. The van der Waals surface area contributed by atoms with Gasteiger partial charge in [0.25, 0.3) is 5.56 Å². The van der Waals surface area contributed by atoms with Crippen LogP contribution in [-0.4, -0.2) is 81.7 Å². The Morgan fingerprint density at radius 2 is 1.87 bits per heavy atom. The Labute approximate surface area is 262 Å². The molecule has 0 bridgehead atoms. The summed E-state index contributed by atoms with van der Waals surface area (Å²) in [4.78, 5) is 75.8. The number of aromatic nitrogens is 9. The number of aromatic amines is 3. The molecule has 17 nitrogen and oxygen atoms in total. The van der Waals surface area contributed by atoms with Crippen molar-refractivity contribution in [1.29, 1.82) is 0 Å². The van der Waals surface area contributed by atoms with Crippen LogP contribution in [-0.2, 0) is 11.3 Å². The van der Waals surface area contributed by atoms with Gasteiger partial charge >= 0.3 is 23.4 Å². The summed E-state index contributed by atoms with van der Waals surface area (Å²) in [6.45, 7) is 2.03. The van der Waals surface area contributed by atoms with Crippen molar-refractivity contribution in [3.63, 3.8) is 0 Å². The van der Waals surface area contributed by atoms with E-state index in [1.807, 2.05) is 19.0 Å². The first-order valence-electron chi connectivity index (χ1n) is 14.0. The molecule has 6 aromatic rings. The molecule has 4 aromatic heterocycles. The first-order valence-corrected chi connectivity index (χ1v) is 14.0. The highest BCUT2D eigenvalue weighted by molar-refractivity contribution is 6.01. The van der Waals surface area contributed by atoms with Crippen LogP contribution in [0.1, 0.15) is 23.2 Å². The van der Waals surface area contributed by atoms with Gasteiger partial charge in [0.2, 0.25) is 0 Å². The number of hydrogen-bond donors (Lipinski definition) is 4. The Hall–Kier alpha value is -6.43. The maximum atomic E-state index is 15.3. The molecular weight excluding hydrogens is 617 g/mol. The van der Waals surface area contributed by atoms with Crippen molar-refractivity contribution in [3.05, 3.63) is 104 Å². The van der Waals surface area contributed by atoms with Crippen LogP contribution in [0.2, 0.25) is 0 Å². The molecule has 0 spiro atoms. The van der Waals surface area contributed by atoms with Crippen molar-refractivity contribution < 1.29 is 18.7 Å². The van der Waals surface area contributed by atoms with Crippen LogP contribution in [0.3, 0.4) is 0 Å². The van der Waals surface area contributed by atoms with Gasteiger partial charge in [-0.2, -0.15) is 14.8 Å². The summed E-state index contributed by atoms with van der Waals surface area (Å²) >= 11 is 0. The van der Waals surface area contributed by atoms with Crippen LogP contribution < -0.4 is 22.3 Å². The van der Waals surface area contributed by atoms with Crippen molar-refractivity contribution in [2.45, 2.75) is 13.5 Å². The van der Waals surface area contributed by atoms with E-state index >= 15 is 4.39 Å². The molecule has 4 N–H and O–H groups in total. The average Bonchev–Trinajstić information content (AvgIpc) is 3.77. The highest BCUT2D eigenvalue weighted by Gasteiger charge is 2.27. The van der Waals surface area contributed by atoms with Gasteiger partial charge < -0.3 is 24.5 Å².